The molecule has 0 spiro atoms. The molecule has 0 bridgehead atoms. The summed E-state index contributed by atoms with van der Waals surface area (Å²) in [5, 5.41) is 0. The molecule has 3 amide bonds. The highest BCUT2D eigenvalue weighted by Gasteiger charge is 2.39. The van der Waals surface area contributed by atoms with Gasteiger partial charge < -0.3 is 24.2 Å². The zero-order chi connectivity index (χ0) is 19.6. The van der Waals surface area contributed by atoms with E-state index in [4.69, 9.17) is 9.47 Å². The molecule has 1 aromatic rings. The third-order valence-corrected chi connectivity index (χ3v) is 5.19. The number of ether oxygens (including phenoxy) is 2. The number of amides is 3. The lowest BCUT2D eigenvalue weighted by molar-refractivity contribution is -0.141. The second-order valence-corrected chi connectivity index (χ2v) is 6.77. The summed E-state index contributed by atoms with van der Waals surface area (Å²) in [4.78, 5) is 42.0. The first-order valence-corrected chi connectivity index (χ1v) is 9.01. The molecular formula is C19H25N3O5. The summed E-state index contributed by atoms with van der Waals surface area (Å²) < 4.78 is 10.6. The van der Waals surface area contributed by atoms with Crippen molar-refractivity contribution >= 4 is 23.4 Å². The van der Waals surface area contributed by atoms with Crippen LogP contribution in [0.4, 0.5) is 5.69 Å². The minimum atomic E-state index is -0.391. The Morgan fingerprint density at radius 3 is 2.30 bits per heavy atom. The van der Waals surface area contributed by atoms with Crippen LogP contribution in [0.2, 0.25) is 0 Å². The highest BCUT2D eigenvalue weighted by Crippen LogP contribution is 2.36. The molecule has 2 saturated heterocycles. The lowest BCUT2D eigenvalue weighted by Gasteiger charge is -2.35. The molecule has 2 heterocycles. The molecule has 1 unspecified atom stereocenters. The maximum Gasteiger partial charge on any atom is 0.228 e. The fourth-order valence-electron chi connectivity index (χ4n) is 3.61. The van der Waals surface area contributed by atoms with E-state index in [0.29, 0.717) is 49.9 Å². The van der Waals surface area contributed by atoms with Crippen LogP contribution >= 0.6 is 0 Å². The van der Waals surface area contributed by atoms with Crippen LogP contribution in [0.15, 0.2) is 18.2 Å². The summed E-state index contributed by atoms with van der Waals surface area (Å²) in [5.41, 5.74) is 0.610. The standard InChI is InChI=1S/C19H25N3O5/c1-13(23)20-6-8-21(9-7-20)19(25)14-10-18(24)22(12-14)16-11-15(26-2)4-5-17(16)27-3/h4-5,11,14H,6-10,12H2,1-3H3. The van der Waals surface area contributed by atoms with Crippen LogP contribution in [0.5, 0.6) is 11.5 Å². The average Bonchev–Trinajstić information content (AvgIpc) is 3.08. The Bertz CT molecular complexity index is 743. The second-order valence-electron chi connectivity index (χ2n) is 6.77. The molecule has 146 valence electrons. The molecule has 2 aliphatic heterocycles. The number of piperazine rings is 1. The van der Waals surface area contributed by atoms with Gasteiger partial charge in [0.2, 0.25) is 17.7 Å². The lowest BCUT2D eigenvalue weighted by Crippen LogP contribution is -2.51. The minimum absolute atomic E-state index is 0.0226. The van der Waals surface area contributed by atoms with E-state index in [-0.39, 0.29) is 24.1 Å². The van der Waals surface area contributed by atoms with Crippen LogP contribution in [-0.4, -0.2) is 74.5 Å². The molecule has 2 aliphatic rings. The molecule has 0 saturated carbocycles. The van der Waals surface area contributed by atoms with E-state index in [9.17, 15) is 14.4 Å². The van der Waals surface area contributed by atoms with E-state index in [1.54, 1.807) is 47.1 Å². The fourth-order valence-corrected chi connectivity index (χ4v) is 3.61. The summed E-state index contributed by atoms with van der Waals surface area (Å²) in [7, 11) is 3.10. The Morgan fingerprint density at radius 1 is 1.04 bits per heavy atom. The molecule has 0 N–H and O–H groups in total. The Kier molecular flexibility index (Phi) is 5.53. The van der Waals surface area contributed by atoms with Gasteiger partial charge in [-0.05, 0) is 12.1 Å². The number of carbonyl (C=O) groups excluding carboxylic acids is 3. The van der Waals surface area contributed by atoms with Crippen molar-refractivity contribution < 1.29 is 23.9 Å². The summed E-state index contributed by atoms with van der Waals surface area (Å²) in [5.74, 6) is 0.672. The maximum atomic E-state index is 12.9. The van der Waals surface area contributed by atoms with Crippen molar-refractivity contribution in [2.75, 3.05) is 51.8 Å². The molecule has 27 heavy (non-hydrogen) atoms. The summed E-state index contributed by atoms with van der Waals surface area (Å²) in [6.07, 6.45) is 0.173. The molecular weight excluding hydrogens is 350 g/mol. The van der Waals surface area contributed by atoms with Gasteiger partial charge in [-0.25, -0.2) is 0 Å². The topological polar surface area (TPSA) is 79.4 Å². The molecule has 8 nitrogen and oxygen atoms in total. The Labute approximate surface area is 158 Å². The largest absolute Gasteiger partial charge is 0.497 e. The Morgan fingerprint density at radius 2 is 1.70 bits per heavy atom. The van der Waals surface area contributed by atoms with E-state index in [2.05, 4.69) is 0 Å². The lowest BCUT2D eigenvalue weighted by atomic mass is 10.1. The number of benzene rings is 1. The van der Waals surface area contributed by atoms with Crippen LogP contribution in [0, 0.1) is 5.92 Å². The third-order valence-electron chi connectivity index (χ3n) is 5.19. The number of carbonyl (C=O) groups is 3. The molecule has 3 rings (SSSR count). The first kappa shape index (κ1) is 19.0. The molecule has 0 aliphatic carbocycles. The van der Waals surface area contributed by atoms with Gasteiger partial charge in [0, 0.05) is 52.1 Å². The highest BCUT2D eigenvalue weighted by molar-refractivity contribution is 6.01. The summed E-state index contributed by atoms with van der Waals surface area (Å²) in [6.45, 7) is 3.93. The maximum absolute atomic E-state index is 12.9. The van der Waals surface area contributed by atoms with E-state index in [0.717, 1.165) is 0 Å². The summed E-state index contributed by atoms with van der Waals surface area (Å²) in [6, 6.07) is 5.26. The number of hydrogen-bond acceptors (Lipinski definition) is 5. The number of anilines is 1. The van der Waals surface area contributed by atoms with Gasteiger partial charge in [0.15, 0.2) is 0 Å². The van der Waals surface area contributed by atoms with Crippen LogP contribution < -0.4 is 14.4 Å². The number of hydrogen-bond donors (Lipinski definition) is 0. The van der Waals surface area contributed by atoms with E-state index >= 15 is 0 Å². The van der Waals surface area contributed by atoms with E-state index in [1.807, 2.05) is 0 Å². The van der Waals surface area contributed by atoms with Crippen molar-refractivity contribution in [2.45, 2.75) is 13.3 Å². The number of nitrogens with zero attached hydrogens (tertiary/aromatic N) is 3. The van der Waals surface area contributed by atoms with Gasteiger partial charge in [-0.2, -0.15) is 0 Å². The Balaban J connectivity index is 1.71. The molecule has 1 aromatic carbocycles. The monoisotopic (exact) mass is 375 g/mol. The summed E-state index contributed by atoms with van der Waals surface area (Å²) >= 11 is 0. The van der Waals surface area contributed by atoms with Gasteiger partial charge in [0.05, 0.1) is 25.8 Å². The quantitative estimate of drug-likeness (QED) is 0.776. The first-order chi connectivity index (χ1) is 12.9. The molecule has 0 radical (unpaired) electrons. The van der Waals surface area contributed by atoms with Gasteiger partial charge in [-0.3, -0.25) is 14.4 Å². The van der Waals surface area contributed by atoms with Gasteiger partial charge in [0.1, 0.15) is 11.5 Å². The normalized spacial score (nSPS) is 20.0. The van der Waals surface area contributed by atoms with E-state index in [1.165, 1.54) is 6.92 Å². The van der Waals surface area contributed by atoms with Crippen LogP contribution in [-0.2, 0) is 14.4 Å². The highest BCUT2D eigenvalue weighted by atomic mass is 16.5. The van der Waals surface area contributed by atoms with E-state index < -0.39 is 5.92 Å². The third kappa shape index (κ3) is 3.84. The Hall–Kier alpha value is -2.77. The van der Waals surface area contributed by atoms with Crippen molar-refractivity contribution in [2.24, 2.45) is 5.92 Å². The fraction of sp³-hybridized carbons (Fsp3) is 0.526. The molecule has 8 heteroatoms. The molecule has 1 atom stereocenters. The van der Waals surface area contributed by atoms with Gasteiger partial charge >= 0.3 is 0 Å². The smallest absolute Gasteiger partial charge is 0.228 e. The van der Waals surface area contributed by atoms with Crippen molar-refractivity contribution in [3.05, 3.63) is 18.2 Å². The predicted octanol–water partition coefficient (Wildman–Crippen LogP) is 0.747. The van der Waals surface area contributed by atoms with Crippen molar-refractivity contribution in [1.29, 1.82) is 0 Å². The number of rotatable bonds is 4. The van der Waals surface area contributed by atoms with Crippen molar-refractivity contribution in [3.63, 3.8) is 0 Å². The van der Waals surface area contributed by atoms with Crippen LogP contribution in [0.3, 0.4) is 0 Å². The predicted molar refractivity (Wildman–Crippen MR) is 98.8 cm³/mol. The SMILES string of the molecule is COc1ccc(OC)c(N2CC(C(=O)N3CCN(C(C)=O)CC3)CC2=O)c1. The van der Waals surface area contributed by atoms with Gasteiger partial charge in [0.25, 0.3) is 0 Å². The van der Waals surface area contributed by atoms with Crippen LogP contribution in [0.1, 0.15) is 13.3 Å². The van der Waals surface area contributed by atoms with Gasteiger partial charge in [-0.15, -0.1) is 0 Å². The zero-order valence-electron chi connectivity index (χ0n) is 15.9. The first-order valence-electron chi connectivity index (χ1n) is 9.01. The average molecular weight is 375 g/mol. The molecule has 2 fully saturated rings. The van der Waals surface area contributed by atoms with Crippen molar-refractivity contribution in [1.82, 2.24) is 9.80 Å². The van der Waals surface area contributed by atoms with Crippen LogP contribution in [0.25, 0.3) is 0 Å². The second kappa shape index (κ2) is 7.85. The molecule has 0 aromatic heterocycles. The minimum Gasteiger partial charge on any atom is -0.497 e. The van der Waals surface area contributed by atoms with Gasteiger partial charge in [-0.1, -0.05) is 0 Å². The van der Waals surface area contributed by atoms with Crippen molar-refractivity contribution in [3.8, 4) is 11.5 Å². The zero-order valence-corrected chi connectivity index (χ0v) is 15.9. The number of methoxy groups -OCH3 is 2.